The topological polar surface area (TPSA) is 41.6 Å². The van der Waals surface area contributed by atoms with Crippen molar-refractivity contribution in [3.63, 3.8) is 0 Å². The number of carbonyl (C=O) groups excluding carboxylic acids is 1. The molecule has 0 aliphatic carbocycles. The molecule has 0 spiro atoms. The lowest BCUT2D eigenvalue weighted by molar-refractivity contribution is -0.142. The molecule has 4 heteroatoms. The van der Waals surface area contributed by atoms with Gasteiger partial charge in [-0.1, -0.05) is 6.92 Å². The molecule has 92 valence electrons. The quantitative estimate of drug-likeness (QED) is 0.761. The highest BCUT2D eigenvalue weighted by Crippen LogP contribution is 2.34. The zero-order chi connectivity index (χ0) is 11.7. The molecule has 2 heterocycles. The normalized spacial score (nSPS) is 35.2. The Hall–Kier alpha value is -0.610. The Morgan fingerprint density at radius 3 is 2.94 bits per heavy atom. The Morgan fingerprint density at radius 1 is 1.56 bits per heavy atom. The molecule has 0 radical (unpaired) electrons. The van der Waals surface area contributed by atoms with Gasteiger partial charge in [0.2, 0.25) is 0 Å². The van der Waals surface area contributed by atoms with Crippen molar-refractivity contribution in [2.75, 3.05) is 26.7 Å². The van der Waals surface area contributed by atoms with Gasteiger partial charge >= 0.3 is 0 Å². The average molecular weight is 226 g/mol. The SMILES string of the molecule is CCC1C2CNCC2CN1C(=O)C(C)OC. The molecule has 2 aliphatic rings. The zero-order valence-electron chi connectivity index (χ0n) is 10.4. The summed E-state index contributed by atoms with van der Waals surface area (Å²) in [4.78, 5) is 14.2. The van der Waals surface area contributed by atoms with Crippen LogP contribution in [0.5, 0.6) is 0 Å². The summed E-state index contributed by atoms with van der Waals surface area (Å²) < 4.78 is 5.13. The van der Waals surface area contributed by atoms with Crippen LogP contribution in [0.2, 0.25) is 0 Å². The first kappa shape index (κ1) is 11.9. The lowest BCUT2D eigenvalue weighted by Gasteiger charge is -2.28. The van der Waals surface area contributed by atoms with E-state index in [0.29, 0.717) is 17.9 Å². The van der Waals surface area contributed by atoms with Crippen LogP contribution in [0.25, 0.3) is 0 Å². The van der Waals surface area contributed by atoms with Crippen LogP contribution in [0.15, 0.2) is 0 Å². The fourth-order valence-corrected chi connectivity index (χ4v) is 3.13. The number of nitrogens with one attached hydrogen (secondary N) is 1. The number of likely N-dealkylation sites (tertiary alicyclic amines) is 1. The molecule has 0 aromatic rings. The molecule has 16 heavy (non-hydrogen) atoms. The minimum absolute atomic E-state index is 0.156. The number of carbonyl (C=O) groups is 1. The smallest absolute Gasteiger partial charge is 0.251 e. The predicted molar refractivity (Wildman–Crippen MR) is 62.1 cm³/mol. The van der Waals surface area contributed by atoms with E-state index in [9.17, 15) is 4.79 Å². The Balaban J connectivity index is 2.08. The Kier molecular flexibility index (Phi) is 3.50. The first-order valence-corrected chi connectivity index (χ1v) is 6.23. The van der Waals surface area contributed by atoms with E-state index in [1.165, 1.54) is 0 Å². The second-order valence-electron chi connectivity index (χ2n) is 4.93. The van der Waals surface area contributed by atoms with E-state index < -0.39 is 0 Å². The van der Waals surface area contributed by atoms with Crippen molar-refractivity contribution < 1.29 is 9.53 Å². The summed E-state index contributed by atoms with van der Waals surface area (Å²) in [5.74, 6) is 1.46. The van der Waals surface area contributed by atoms with Gasteiger partial charge in [0.1, 0.15) is 6.10 Å². The van der Waals surface area contributed by atoms with E-state index in [4.69, 9.17) is 4.74 Å². The first-order chi connectivity index (χ1) is 7.69. The van der Waals surface area contributed by atoms with Gasteiger partial charge in [-0.05, 0) is 25.2 Å². The molecule has 0 bridgehead atoms. The van der Waals surface area contributed by atoms with E-state index in [1.807, 2.05) is 11.8 Å². The molecule has 1 amide bonds. The fraction of sp³-hybridized carbons (Fsp3) is 0.917. The number of fused-ring (bicyclic) bond motifs is 1. The zero-order valence-corrected chi connectivity index (χ0v) is 10.4. The Labute approximate surface area is 97.3 Å². The summed E-state index contributed by atoms with van der Waals surface area (Å²) in [6.45, 7) is 7.04. The number of hydrogen-bond acceptors (Lipinski definition) is 3. The van der Waals surface area contributed by atoms with Crippen molar-refractivity contribution in [1.29, 1.82) is 0 Å². The predicted octanol–water partition coefficient (Wildman–Crippen LogP) is 0.478. The monoisotopic (exact) mass is 226 g/mol. The Morgan fingerprint density at radius 2 is 2.31 bits per heavy atom. The van der Waals surface area contributed by atoms with Crippen molar-refractivity contribution in [2.45, 2.75) is 32.4 Å². The van der Waals surface area contributed by atoms with Gasteiger partial charge in [0.15, 0.2) is 0 Å². The van der Waals surface area contributed by atoms with Crippen LogP contribution in [-0.2, 0) is 9.53 Å². The van der Waals surface area contributed by atoms with Crippen LogP contribution in [0.1, 0.15) is 20.3 Å². The lowest BCUT2D eigenvalue weighted by Crippen LogP contribution is -2.44. The molecule has 0 saturated carbocycles. The summed E-state index contributed by atoms with van der Waals surface area (Å²) in [6, 6.07) is 0.407. The first-order valence-electron chi connectivity index (χ1n) is 6.23. The van der Waals surface area contributed by atoms with Gasteiger partial charge in [0.25, 0.3) is 5.91 Å². The summed E-state index contributed by atoms with van der Waals surface area (Å²) in [5, 5.41) is 3.42. The number of amides is 1. The largest absolute Gasteiger partial charge is 0.372 e. The summed E-state index contributed by atoms with van der Waals surface area (Å²) in [7, 11) is 1.60. The summed E-state index contributed by atoms with van der Waals surface area (Å²) in [6.07, 6.45) is 0.742. The molecule has 0 aromatic carbocycles. The molecule has 4 nitrogen and oxygen atoms in total. The van der Waals surface area contributed by atoms with Crippen molar-refractivity contribution in [3.8, 4) is 0 Å². The van der Waals surface area contributed by atoms with Gasteiger partial charge < -0.3 is 15.0 Å². The summed E-state index contributed by atoms with van der Waals surface area (Å²) in [5.41, 5.74) is 0. The third-order valence-electron chi connectivity index (χ3n) is 4.12. The molecule has 2 saturated heterocycles. The van der Waals surface area contributed by atoms with Crippen LogP contribution in [0.4, 0.5) is 0 Å². The maximum Gasteiger partial charge on any atom is 0.251 e. The highest BCUT2D eigenvalue weighted by molar-refractivity contribution is 5.81. The number of methoxy groups -OCH3 is 1. The van der Waals surface area contributed by atoms with Gasteiger partial charge in [-0.3, -0.25) is 4.79 Å². The number of hydrogen-bond donors (Lipinski definition) is 1. The highest BCUT2D eigenvalue weighted by Gasteiger charge is 2.45. The minimum atomic E-state index is -0.305. The van der Waals surface area contributed by atoms with Crippen molar-refractivity contribution in [1.82, 2.24) is 10.2 Å². The van der Waals surface area contributed by atoms with Crippen LogP contribution in [-0.4, -0.2) is 49.7 Å². The maximum absolute atomic E-state index is 12.2. The molecule has 2 aliphatic heterocycles. The van der Waals surface area contributed by atoms with Crippen LogP contribution in [0.3, 0.4) is 0 Å². The van der Waals surface area contributed by atoms with Gasteiger partial charge in [-0.2, -0.15) is 0 Å². The van der Waals surface area contributed by atoms with E-state index in [0.717, 1.165) is 26.1 Å². The van der Waals surface area contributed by atoms with Gasteiger partial charge in [0, 0.05) is 32.8 Å². The number of nitrogens with zero attached hydrogens (tertiary/aromatic N) is 1. The van der Waals surface area contributed by atoms with E-state index >= 15 is 0 Å². The summed E-state index contributed by atoms with van der Waals surface area (Å²) >= 11 is 0. The van der Waals surface area contributed by atoms with Gasteiger partial charge in [-0.25, -0.2) is 0 Å². The average Bonchev–Trinajstić information content (AvgIpc) is 2.86. The van der Waals surface area contributed by atoms with E-state index in [-0.39, 0.29) is 12.0 Å². The third kappa shape index (κ3) is 1.84. The molecule has 2 fully saturated rings. The molecule has 4 atom stereocenters. The third-order valence-corrected chi connectivity index (χ3v) is 4.12. The van der Waals surface area contributed by atoms with Crippen molar-refractivity contribution in [2.24, 2.45) is 11.8 Å². The Bertz CT molecular complexity index is 270. The van der Waals surface area contributed by atoms with Gasteiger partial charge in [0.05, 0.1) is 0 Å². The highest BCUT2D eigenvalue weighted by atomic mass is 16.5. The second-order valence-corrected chi connectivity index (χ2v) is 4.93. The van der Waals surface area contributed by atoms with E-state index in [2.05, 4.69) is 12.2 Å². The van der Waals surface area contributed by atoms with Crippen LogP contribution >= 0.6 is 0 Å². The van der Waals surface area contributed by atoms with Crippen molar-refractivity contribution >= 4 is 5.91 Å². The molecule has 0 aromatic heterocycles. The van der Waals surface area contributed by atoms with Crippen LogP contribution < -0.4 is 5.32 Å². The molecular weight excluding hydrogens is 204 g/mol. The van der Waals surface area contributed by atoms with E-state index in [1.54, 1.807) is 7.11 Å². The molecule has 4 unspecified atom stereocenters. The lowest BCUT2D eigenvalue weighted by atomic mass is 9.93. The fourth-order valence-electron chi connectivity index (χ4n) is 3.13. The van der Waals surface area contributed by atoms with Crippen LogP contribution in [0, 0.1) is 11.8 Å². The standard InChI is InChI=1S/C12H22N2O2/c1-4-11-10-6-13-5-9(10)7-14(11)12(15)8(2)16-3/h8-11,13H,4-7H2,1-3H3. The van der Waals surface area contributed by atoms with Crippen molar-refractivity contribution in [3.05, 3.63) is 0 Å². The molecular formula is C12H22N2O2. The number of ether oxygens (including phenoxy) is 1. The molecule has 2 rings (SSSR count). The van der Waals surface area contributed by atoms with Gasteiger partial charge in [-0.15, -0.1) is 0 Å². The molecule has 1 N–H and O–H groups in total. The second kappa shape index (κ2) is 4.72. The minimum Gasteiger partial charge on any atom is -0.372 e. The number of rotatable bonds is 3. The maximum atomic E-state index is 12.2.